The van der Waals surface area contributed by atoms with Crippen LogP contribution < -0.4 is 4.72 Å². The van der Waals surface area contributed by atoms with Gasteiger partial charge in [-0.15, -0.1) is 0 Å². The van der Waals surface area contributed by atoms with Gasteiger partial charge in [-0.25, -0.2) is 13.1 Å². The maximum atomic E-state index is 12.0. The molecule has 4 atom stereocenters. The molecule has 0 aromatic rings. The average Bonchev–Trinajstić information content (AvgIpc) is 2.23. The standard InChI is InChI=1S/C13H27NO2S/c1-5-10(2)9-17(15,16)14-13-8-6-7-11(3)12(13)4/h10-14H,5-9H2,1-4H3/t10-,11-,12-,13+/m0/s1. The Morgan fingerprint density at radius 2 is 1.94 bits per heavy atom. The number of sulfonamides is 1. The van der Waals surface area contributed by atoms with E-state index in [1.807, 2.05) is 13.8 Å². The molecular formula is C13H27NO2S. The molecule has 0 bridgehead atoms. The second kappa shape index (κ2) is 6.19. The molecule has 1 fully saturated rings. The van der Waals surface area contributed by atoms with Crippen molar-refractivity contribution in [3.8, 4) is 0 Å². The Hall–Kier alpha value is -0.0900. The summed E-state index contributed by atoms with van der Waals surface area (Å²) in [7, 11) is -3.10. The smallest absolute Gasteiger partial charge is 0.212 e. The normalized spacial score (nSPS) is 32.4. The average molecular weight is 261 g/mol. The van der Waals surface area contributed by atoms with Gasteiger partial charge in [-0.3, -0.25) is 0 Å². The van der Waals surface area contributed by atoms with Crippen LogP contribution in [0.15, 0.2) is 0 Å². The lowest BCUT2D eigenvalue weighted by atomic mass is 9.78. The van der Waals surface area contributed by atoms with E-state index in [2.05, 4.69) is 18.6 Å². The van der Waals surface area contributed by atoms with Gasteiger partial charge in [0.2, 0.25) is 10.0 Å². The Morgan fingerprint density at radius 1 is 1.29 bits per heavy atom. The van der Waals surface area contributed by atoms with Crippen molar-refractivity contribution in [3.05, 3.63) is 0 Å². The summed E-state index contributed by atoms with van der Waals surface area (Å²) >= 11 is 0. The van der Waals surface area contributed by atoms with E-state index in [1.54, 1.807) is 0 Å². The van der Waals surface area contributed by atoms with E-state index in [1.165, 1.54) is 6.42 Å². The SMILES string of the molecule is CC[C@H](C)CS(=O)(=O)N[C@@H]1CCC[C@H](C)[C@@H]1C. The molecule has 4 heteroatoms. The highest BCUT2D eigenvalue weighted by molar-refractivity contribution is 7.89. The topological polar surface area (TPSA) is 46.2 Å². The Kier molecular flexibility index (Phi) is 5.45. The van der Waals surface area contributed by atoms with Crippen molar-refractivity contribution in [2.45, 2.75) is 59.4 Å². The molecular weight excluding hydrogens is 234 g/mol. The molecule has 1 aliphatic carbocycles. The molecule has 0 saturated heterocycles. The number of hydrogen-bond donors (Lipinski definition) is 1. The van der Waals surface area contributed by atoms with Gasteiger partial charge in [-0.1, -0.05) is 47.0 Å². The lowest BCUT2D eigenvalue weighted by Gasteiger charge is -2.34. The summed E-state index contributed by atoms with van der Waals surface area (Å²) in [6.45, 7) is 8.41. The van der Waals surface area contributed by atoms with E-state index in [-0.39, 0.29) is 17.7 Å². The van der Waals surface area contributed by atoms with Crippen LogP contribution in [0.4, 0.5) is 0 Å². The van der Waals surface area contributed by atoms with Gasteiger partial charge in [-0.2, -0.15) is 0 Å². The predicted octanol–water partition coefficient (Wildman–Crippen LogP) is 2.78. The summed E-state index contributed by atoms with van der Waals surface area (Å²) in [5.41, 5.74) is 0. The first-order valence-electron chi connectivity index (χ1n) is 6.85. The fraction of sp³-hybridized carbons (Fsp3) is 1.00. The fourth-order valence-corrected chi connectivity index (χ4v) is 4.39. The minimum Gasteiger partial charge on any atom is -0.212 e. The van der Waals surface area contributed by atoms with Crippen LogP contribution in [0.3, 0.4) is 0 Å². The Bertz CT molecular complexity index is 326. The van der Waals surface area contributed by atoms with Gasteiger partial charge in [0.05, 0.1) is 5.75 Å². The van der Waals surface area contributed by atoms with Crippen LogP contribution >= 0.6 is 0 Å². The van der Waals surface area contributed by atoms with Crippen LogP contribution in [0.25, 0.3) is 0 Å². The first-order valence-corrected chi connectivity index (χ1v) is 8.51. The van der Waals surface area contributed by atoms with Gasteiger partial charge in [-0.05, 0) is 24.2 Å². The highest BCUT2D eigenvalue weighted by Gasteiger charge is 2.30. The van der Waals surface area contributed by atoms with Gasteiger partial charge in [0, 0.05) is 6.04 Å². The van der Waals surface area contributed by atoms with E-state index < -0.39 is 10.0 Å². The molecule has 0 spiro atoms. The third kappa shape index (κ3) is 4.59. The minimum atomic E-state index is -3.10. The van der Waals surface area contributed by atoms with Crippen LogP contribution in [0.5, 0.6) is 0 Å². The van der Waals surface area contributed by atoms with Crippen LogP contribution in [0.1, 0.15) is 53.4 Å². The molecule has 1 N–H and O–H groups in total. The van der Waals surface area contributed by atoms with E-state index in [9.17, 15) is 8.42 Å². The molecule has 0 amide bonds. The Labute approximate surface area is 106 Å². The highest BCUT2D eigenvalue weighted by Crippen LogP contribution is 2.29. The van der Waals surface area contributed by atoms with Gasteiger partial charge in [0.25, 0.3) is 0 Å². The zero-order valence-corrected chi connectivity index (χ0v) is 12.4. The predicted molar refractivity (Wildman–Crippen MR) is 72.3 cm³/mol. The summed E-state index contributed by atoms with van der Waals surface area (Å²) in [5, 5.41) is 0. The molecule has 0 aromatic heterocycles. The van der Waals surface area contributed by atoms with Crippen LogP contribution in [0.2, 0.25) is 0 Å². The molecule has 17 heavy (non-hydrogen) atoms. The highest BCUT2D eigenvalue weighted by atomic mass is 32.2. The zero-order chi connectivity index (χ0) is 13.1. The lowest BCUT2D eigenvalue weighted by molar-refractivity contribution is 0.226. The van der Waals surface area contributed by atoms with Crippen molar-refractivity contribution < 1.29 is 8.42 Å². The van der Waals surface area contributed by atoms with Crippen molar-refractivity contribution in [2.24, 2.45) is 17.8 Å². The first-order chi connectivity index (χ1) is 7.85. The molecule has 0 radical (unpaired) electrons. The maximum Gasteiger partial charge on any atom is 0.212 e. The summed E-state index contributed by atoms with van der Waals surface area (Å²) in [6.07, 6.45) is 4.27. The van der Waals surface area contributed by atoms with Gasteiger partial charge >= 0.3 is 0 Å². The zero-order valence-electron chi connectivity index (χ0n) is 11.6. The minimum absolute atomic E-state index is 0.146. The lowest BCUT2D eigenvalue weighted by Crippen LogP contribution is -2.45. The van der Waals surface area contributed by atoms with Crippen molar-refractivity contribution >= 4 is 10.0 Å². The summed E-state index contributed by atoms with van der Waals surface area (Å²) < 4.78 is 26.9. The van der Waals surface area contributed by atoms with E-state index in [0.29, 0.717) is 11.8 Å². The monoisotopic (exact) mass is 261 g/mol. The molecule has 0 aromatic carbocycles. The number of rotatable bonds is 5. The molecule has 0 aliphatic heterocycles. The molecule has 1 rings (SSSR count). The molecule has 3 nitrogen and oxygen atoms in total. The first kappa shape index (κ1) is 15.0. The Morgan fingerprint density at radius 3 is 2.53 bits per heavy atom. The van der Waals surface area contributed by atoms with E-state index in [4.69, 9.17) is 0 Å². The van der Waals surface area contributed by atoms with Gasteiger partial charge in [0.15, 0.2) is 0 Å². The second-order valence-corrected chi connectivity index (χ2v) is 7.59. The van der Waals surface area contributed by atoms with Crippen LogP contribution in [0, 0.1) is 17.8 Å². The van der Waals surface area contributed by atoms with Crippen molar-refractivity contribution in [1.29, 1.82) is 0 Å². The van der Waals surface area contributed by atoms with Gasteiger partial charge < -0.3 is 0 Å². The van der Waals surface area contributed by atoms with Crippen molar-refractivity contribution in [3.63, 3.8) is 0 Å². The van der Waals surface area contributed by atoms with E-state index in [0.717, 1.165) is 19.3 Å². The van der Waals surface area contributed by atoms with Crippen molar-refractivity contribution in [1.82, 2.24) is 4.72 Å². The fourth-order valence-electron chi connectivity index (χ4n) is 2.52. The molecule has 0 heterocycles. The summed E-state index contributed by atoms with van der Waals surface area (Å²) in [6, 6.07) is 0.146. The van der Waals surface area contributed by atoms with Crippen molar-refractivity contribution in [2.75, 3.05) is 5.75 Å². The maximum absolute atomic E-state index is 12.0. The third-order valence-corrected chi connectivity index (χ3v) is 5.91. The third-order valence-electron chi connectivity index (χ3n) is 4.24. The summed E-state index contributed by atoms with van der Waals surface area (Å²) in [5.74, 6) is 1.58. The number of hydrogen-bond acceptors (Lipinski definition) is 2. The largest absolute Gasteiger partial charge is 0.212 e. The molecule has 1 saturated carbocycles. The van der Waals surface area contributed by atoms with E-state index >= 15 is 0 Å². The van der Waals surface area contributed by atoms with Crippen LogP contribution in [-0.4, -0.2) is 20.2 Å². The number of nitrogens with one attached hydrogen (secondary N) is 1. The quantitative estimate of drug-likeness (QED) is 0.827. The Balaban J connectivity index is 2.57. The van der Waals surface area contributed by atoms with Crippen LogP contribution in [-0.2, 0) is 10.0 Å². The molecule has 0 unspecified atom stereocenters. The summed E-state index contributed by atoms with van der Waals surface area (Å²) in [4.78, 5) is 0. The van der Waals surface area contributed by atoms with Gasteiger partial charge in [0.1, 0.15) is 0 Å². The second-order valence-electron chi connectivity index (χ2n) is 5.79. The molecule has 1 aliphatic rings. The molecule has 102 valence electrons.